The van der Waals surface area contributed by atoms with Crippen molar-refractivity contribution in [2.75, 3.05) is 11.5 Å². The van der Waals surface area contributed by atoms with Gasteiger partial charge in [-0.05, 0) is 50.6 Å². The van der Waals surface area contributed by atoms with E-state index in [1.54, 1.807) is 26.0 Å². The van der Waals surface area contributed by atoms with Crippen LogP contribution >= 0.6 is 11.3 Å². The van der Waals surface area contributed by atoms with E-state index in [9.17, 15) is 23.9 Å². The number of esters is 1. The van der Waals surface area contributed by atoms with Crippen molar-refractivity contribution in [2.24, 2.45) is 0 Å². The van der Waals surface area contributed by atoms with E-state index in [1.165, 1.54) is 17.0 Å². The fraction of sp³-hybridized carbons (Fsp3) is 0.200. The van der Waals surface area contributed by atoms with Gasteiger partial charge in [0.25, 0.3) is 5.78 Å². The minimum atomic E-state index is -0.994. The normalized spacial score (nSPS) is 17.3. The third-order valence-electron chi connectivity index (χ3n) is 5.41. The van der Waals surface area contributed by atoms with Gasteiger partial charge in [-0.25, -0.2) is 14.2 Å². The Hall–Kier alpha value is -3.85. The van der Waals surface area contributed by atoms with Crippen LogP contribution in [0, 0.1) is 19.7 Å². The van der Waals surface area contributed by atoms with Gasteiger partial charge >= 0.3 is 11.9 Å². The quantitative estimate of drug-likeness (QED) is 0.246. The van der Waals surface area contributed by atoms with Crippen molar-refractivity contribution in [1.82, 2.24) is 4.98 Å². The summed E-state index contributed by atoms with van der Waals surface area (Å²) in [4.78, 5) is 44.4. The van der Waals surface area contributed by atoms with Crippen LogP contribution in [0.25, 0.3) is 5.76 Å². The van der Waals surface area contributed by atoms with Crippen LogP contribution < -0.4 is 4.90 Å². The minimum Gasteiger partial charge on any atom is -0.507 e. The van der Waals surface area contributed by atoms with Crippen LogP contribution in [0.5, 0.6) is 0 Å². The van der Waals surface area contributed by atoms with Gasteiger partial charge in [0.2, 0.25) is 0 Å². The standard InChI is InChI=1S/C25H21FN2O5S/c1-4-33-24(32)22-14(3)27-25(34-22)28-19(15-7-5-13(2)6-8-15)18(21(30)23(28)31)20(29)16-9-11-17(26)12-10-16/h5-12,19,29H,4H2,1-3H3/t19-/m0/s1. The lowest BCUT2D eigenvalue weighted by Crippen LogP contribution is -2.29. The molecule has 1 fully saturated rings. The van der Waals surface area contributed by atoms with Crippen LogP contribution in [-0.2, 0) is 14.3 Å². The van der Waals surface area contributed by atoms with Crippen molar-refractivity contribution >= 4 is 39.9 Å². The zero-order valence-electron chi connectivity index (χ0n) is 18.7. The number of anilines is 1. The van der Waals surface area contributed by atoms with E-state index in [0.717, 1.165) is 29.0 Å². The highest BCUT2D eigenvalue weighted by Gasteiger charge is 2.48. The first kappa shape index (κ1) is 23.3. The molecule has 2 aromatic carbocycles. The molecule has 1 N–H and O–H groups in total. The average molecular weight is 481 g/mol. The SMILES string of the molecule is CCOC(=O)c1sc(N2C(=O)C(=O)C(=C(O)c3ccc(F)cc3)[C@@H]2c2ccc(C)cc2)nc1C. The molecule has 1 aliphatic rings. The Bertz CT molecular complexity index is 1310. The highest BCUT2D eigenvalue weighted by Crippen LogP contribution is 2.44. The van der Waals surface area contributed by atoms with Gasteiger partial charge in [-0.3, -0.25) is 14.5 Å². The molecule has 3 aromatic rings. The van der Waals surface area contributed by atoms with E-state index >= 15 is 0 Å². The number of halogens is 1. The predicted octanol–water partition coefficient (Wildman–Crippen LogP) is 4.70. The Kier molecular flexibility index (Phi) is 6.30. The smallest absolute Gasteiger partial charge is 0.350 e. The number of carbonyl (C=O) groups excluding carboxylic acids is 3. The Balaban J connectivity index is 1.90. The molecular formula is C25H21FN2O5S. The summed E-state index contributed by atoms with van der Waals surface area (Å²) >= 11 is 0.937. The number of ether oxygens (including phenoxy) is 1. The predicted molar refractivity (Wildman–Crippen MR) is 125 cm³/mol. The number of aliphatic hydroxyl groups excluding tert-OH is 1. The second-order valence-electron chi connectivity index (χ2n) is 7.72. The molecule has 0 saturated carbocycles. The van der Waals surface area contributed by atoms with E-state index in [1.807, 2.05) is 19.1 Å². The number of aryl methyl sites for hydroxylation is 2. The summed E-state index contributed by atoms with van der Waals surface area (Å²) in [6.07, 6.45) is 0. The fourth-order valence-corrected chi connectivity index (χ4v) is 4.72. The van der Waals surface area contributed by atoms with Gasteiger partial charge in [-0.1, -0.05) is 41.2 Å². The molecule has 4 rings (SSSR count). The Morgan fingerprint density at radius 1 is 1.12 bits per heavy atom. The van der Waals surface area contributed by atoms with E-state index in [0.29, 0.717) is 11.3 Å². The van der Waals surface area contributed by atoms with Crippen LogP contribution in [0.2, 0.25) is 0 Å². The molecule has 34 heavy (non-hydrogen) atoms. The molecule has 1 saturated heterocycles. The Labute approximate surface area is 199 Å². The summed E-state index contributed by atoms with van der Waals surface area (Å²) in [5.41, 5.74) is 1.94. The van der Waals surface area contributed by atoms with Crippen LogP contribution in [0.3, 0.4) is 0 Å². The number of ketones is 1. The van der Waals surface area contributed by atoms with Crippen molar-refractivity contribution in [1.29, 1.82) is 0 Å². The number of aromatic nitrogens is 1. The lowest BCUT2D eigenvalue weighted by Gasteiger charge is -2.23. The van der Waals surface area contributed by atoms with E-state index < -0.39 is 35.3 Å². The van der Waals surface area contributed by atoms with Crippen molar-refractivity contribution in [3.05, 3.63) is 87.2 Å². The number of amides is 1. The molecule has 1 aliphatic heterocycles. The topological polar surface area (TPSA) is 96.8 Å². The Morgan fingerprint density at radius 2 is 1.76 bits per heavy atom. The van der Waals surface area contributed by atoms with Crippen LogP contribution in [0.1, 0.15) is 45.0 Å². The van der Waals surface area contributed by atoms with Crippen molar-refractivity contribution in [2.45, 2.75) is 26.8 Å². The molecule has 1 amide bonds. The highest BCUT2D eigenvalue weighted by atomic mass is 32.1. The third kappa shape index (κ3) is 4.10. The summed E-state index contributed by atoms with van der Waals surface area (Å²) < 4.78 is 18.5. The lowest BCUT2D eigenvalue weighted by atomic mass is 9.95. The maximum atomic E-state index is 13.4. The number of carbonyl (C=O) groups is 3. The number of hydrogen-bond donors (Lipinski definition) is 1. The van der Waals surface area contributed by atoms with Gasteiger partial charge in [0.1, 0.15) is 16.5 Å². The van der Waals surface area contributed by atoms with Gasteiger partial charge in [0.15, 0.2) is 5.13 Å². The first-order chi connectivity index (χ1) is 16.2. The van der Waals surface area contributed by atoms with Crippen molar-refractivity contribution < 1.29 is 28.6 Å². The van der Waals surface area contributed by atoms with Crippen LogP contribution in [0.4, 0.5) is 9.52 Å². The van der Waals surface area contributed by atoms with Crippen molar-refractivity contribution in [3.63, 3.8) is 0 Å². The molecule has 2 heterocycles. The monoisotopic (exact) mass is 480 g/mol. The lowest BCUT2D eigenvalue weighted by molar-refractivity contribution is -0.132. The molecule has 0 unspecified atom stereocenters. The second-order valence-corrected chi connectivity index (χ2v) is 8.70. The molecule has 0 bridgehead atoms. The maximum absolute atomic E-state index is 13.4. The average Bonchev–Trinajstić information content (AvgIpc) is 3.31. The van der Waals surface area contributed by atoms with E-state index in [-0.39, 0.29) is 27.8 Å². The molecule has 0 aliphatic carbocycles. The molecule has 0 radical (unpaired) electrons. The van der Waals surface area contributed by atoms with Crippen LogP contribution in [-0.4, -0.2) is 34.4 Å². The number of thiazole rings is 1. The summed E-state index contributed by atoms with van der Waals surface area (Å²) in [6, 6.07) is 11.1. The molecular weight excluding hydrogens is 459 g/mol. The molecule has 9 heteroatoms. The van der Waals surface area contributed by atoms with Gasteiger partial charge in [-0.2, -0.15) is 0 Å². The van der Waals surface area contributed by atoms with Crippen LogP contribution in [0.15, 0.2) is 54.1 Å². The number of benzene rings is 2. The zero-order valence-corrected chi connectivity index (χ0v) is 19.5. The van der Waals surface area contributed by atoms with Gasteiger partial charge in [0, 0.05) is 5.56 Å². The number of hydrogen-bond acceptors (Lipinski definition) is 7. The van der Waals surface area contributed by atoms with Gasteiger partial charge in [0.05, 0.1) is 23.9 Å². The molecule has 7 nitrogen and oxygen atoms in total. The third-order valence-corrected chi connectivity index (χ3v) is 6.54. The molecule has 0 spiro atoms. The first-order valence-electron chi connectivity index (χ1n) is 10.5. The summed E-state index contributed by atoms with van der Waals surface area (Å²) in [5, 5.41) is 11.2. The molecule has 1 aromatic heterocycles. The molecule has 1 atom stereocenters. The van der Waals surface area contributed by atoms with E-state index in [4.69, 9.17) is 4.74 Å². The number of rotatable bonds is 5. The minimum absolute atomic E-state index is 0.131. The largest absolute Gasteiger partial charge is 0.507 e. The first-order valence-corrected chi connectivity index (χ1v) is 11.3. The van der Waals surface area contributed by atoms with Crippen molar-refractivity contribution in [3.8, 4) is 0 Å². The van der Waals surface area contributed by atoms with Gasteiger partial charge < -0.3 is 9.84 Å². The fourth-order valence-electron chi connectivity index (χ4n) is 3.73. The second kappa shape index (κ2) is 9.18. The highest BCUT2D eigenvalue weighted by molar-refractivity contribution is 7.17. The van der Waals surface area contributed by atoms with Gasteiger partial charge in [-0.15, -0.1) is 0 Å². The van der Waals surface area contributed by atoms with E-state index in [2.05, 4.69) is 4.98 Å². The maximum Gasteiger partial charge on any atom is 0.350 e. The summed E-state index contributed by atoms with van der Waals surface area (Å²) in [7, 11) is 0. The number of nitrogens with zero attached hydrogens (tertiary/aromatic N) is 2. The molecule has 174 valence electrons. The summed E-state index contributed by atoms with van der Waals surface area (Å²) in [5.74, 6) is -3.29. The number of aliphatic hydroxyl groups is 1. The summed E-state index contributed by atoms with van der Waals surface area (Å²) in [6.45, 7) is 5.37. The number of Topliss-reactive ketones (excluding diaryl/α,β-unsaturated/α-hetero) is 1. The Morgan fingerprint density at radius 3 is 2.38 bits per heavy atom. The zero-order chi connectivity index (χ0) is 24.6.